The van der Waals surface area contributed by atoms with Gasteiger partial charge in [0.2, 0.25) is 10.0 Å². The van der Waals surface area contributed by atoms with Crippen molar-refractivity contribution in [3.63, 3.8) is 0 Å². The minimum Gasteiger partial charge on any atom is -0.367 e. The van der Waals surface area contributed by atoms with E-state index in [9.17, 15) is 12.8 Å². The van der Waals surface area contributed by atoms with Gasteiger partial charge in [0.25, 0.3) is 0 Å². The van der Waals surface area contributed by atoms with Crippen LogP contribution in [0.2, 0.25) is 0 Å². The molecular formula is C24H25FN2O2S. The summed E-state index contributed by atoms with van der Waals surface area (Å²) in [7, 11) is -3.45. The van der Waals surface area contributed by atoms with E-state index in [1.165, 1.54) is 41.1 Å². The number of anilines is 1. The van der Waals surface area contributed by atoms with Crippen LogP contribution in [0.15, 0.2) is 72.8 Å². The molecular weight excluding hydrogens is 399 g/mol. The number of halogens is 1. The molecule has 3 aromatic carbocycles. The van der Waals surface area contributed by atoms with Gasteiger partial charge >= 0.3 is 0 Å². The van der Waals surface area contributed by atoms with E-state index in [-0.39, 0.29) is 11.6 Å². The molecule has 0 saturated carbocycles. The summed E-state index contributed by atoms with van der Waals surface area (Å²) in [6, 6.07) is 22.4. The van der Waals surface area contributed by atoms with Gasteiger partial charge in [0.1, 0.15) is 5.82 Å². The lowest BCUT2D eigenvalue weighted by Gasteiger charge is -2.30. The number of fused-ring (bicyclic) bond motifs is 1. The van der Waals surface area contributed by atoms with E-state index in [1.54, 1.807) is 0 Å². The number of sulfonamides is 1. The number of nitrogens with zero attached hydrogens (tertiary/aromatic N) is 1. The highest BCUT2D eigenvalue weighted by Gasteiger charge is 2.16. The zero-order valence-electron chi connectivity index (χ0n) is 16.7. The van der Waals surface area contributed by atoms with Crippen LogP contribution < -0.4 is 9.62 Å². The van der Waals surface area contributed by atoms with Crippen LogP contribution in [0.25, 0.3) is 0 Å². The SMILES string of the molecule is O=S(=O)(Cc1ccc(F)cc1)NCCc1ccc(N2CCc3ccccc3C2)cc1. The Morgan fingerprint density at radius 2 is 1.53 bits per heavy atom. The first kappa shape index (κ1) is 20.6. The van der Waals surface area contributed by atoms with Gasteiger partial charge in [0.15, 0.2) is 0 Å². The Morgan fingerprint density at radius 3 is 2.27 bits per heavy atom. The Kier molecular flexibility index (Phi) is 6.16. The van der Waals surface area contributed by atoms with E-state index in [2.05, 4.69) is 58.2 Å². The predicted molar refractivity (Wildman–Crippen MR) is 118 cm³/mol. The van der Waals surface area contributed by atoms with Crippen LogP contribution in [-0.4, -0.2) is 21.5 Å². The smallest absolute Gasteiger partial charge is 0.215 e. The van der Waals surface area contributed by atoms with Gasteiger partial charge in [-0.05, 0) is 59.4 Å². The summed E-state index contributed by atoms with van der Waals surface area (Å²) in [5.74, 6) is -0.524. The maximum absolute atomic E-state index is 13.0. The van der Waals surface area contributed by atoms with E-state index in [1.807, 2.05) is 0 Å². The normalized spacial score (nSPS) is 13.8. The molecule has 30 heavy (non-hydrogen) atoms. The summed E-state index contributed by atoms with van der Waals surface area (Å²) in [6.45, 7) is 2.25. The monoisotopic (exact) mass is 424 g/mol. The molecule has 0 saturated heterocycles. The molecule has 0 unspecified atom stereocenters. The first-order chi connectivity index (χ1) is 14.5. The number of hydrogen-bond acceptors (Lipinski definition) is 3. The molecule has 1 aliphatic heterocycles. The van der Waals surface area contributed by atoms with Gasteiger partial charge in [0.05, 0.1) is 5.75 Å². The Balaban J connectivity index is 1.29. The lowest BCUT2D eigenvalue weighted by atomic mass is 9.99. The highest BCUT2D eigenvalue weighted by atomic mass is 32.2. The third-order valence-corrected chi connectivity index (χ3v) is 6.80. The van der Waals surface area contributed by atoms with Gasteiger partial charge in [-0.25, -0.2) is 17.5 Å². The zero-order chi connectivity index (χ0) is 21.0. The summed E-state index contributed by atoms with van der Waals surface area (Å²) in [5, 5.41) is 0. The van der Waals surface area contributed by atoms with Crippen molar-refractivity contribution in [3.8, 4) is 0 Å². The van der Waals surface area contributed by atoms with Crippen molar-refractivity contribution in [2.45, 2.75) is 25.1 Å². The minimum absolute atomic E-state index is 0.150. The highest BCUT2D eigenvalue weighted by Crippen LogP contribution is 2.24. The molecule has 6 heteroatoms. The fourth-order valence-electron chi connectivity index (χ4n) is 3.79. The largest absolute Gasteiger partial charge is 0.367 e. The molecule has 0 aromatic heterocycles. The summed E-state index contributed by atoms with van der Waals surface area (Å²) in [6.07, 6.45) is 1.67. The summed E-state index contributed by atoms with van der Waals surface area (Å²) in [4.78, 5) is 2.37. The Morgan fingerprint density at radius 1 is 0.867 bits per heavy atom. The second-order valence-electron chi connectivity index (χ2n) is 7.64. The quantitative estimate of drug-likeness (QED) is 0.623. The van der Waals surface area contributed by atoms with Crippen LogP contribution in [0.4, 0.5) is 10.1 Å². The zero-order valence-corrected chi connectivity index (χ0v) is 17.5. The fraction of sp³-hybridized carbons (Fsp3) is 0.250. The average Bonchev–Trinajstić information content (AvgIpc) is 2.75. The minimum atomic E-state index is -3.45. The van der Waals surface area contributed by atoms with Gasteiger partial charge in [-0.2, -0.15) is 0 Å². The first-order valence-electron chi connectivity index (χ1n) is 10.1. The molecule has 0 spiro atoms. The Hall–Kier alpha value is -2.70. The van der Waals surface area contributed by atoms with Crippen molar-refractivity contribution < 1.29 is 12.8 Å². The number of benzene rings is 3. The van der Waals surface area contributed by atoms with E-state index in [0.29, 0.717) is 18.5 Å². The van der Waals surface area contributed by atoms with Crippen molar-refractivity contribution in [2.24, 2.45) is 0 Å². The van der Waals surface area contributed by atoms with E-state index in [0.717, 1.165) is 25.1 Å². The summed E-state index contributed by atoms with van der Waals surface area (Å²) in [5.41, 5.74) is 5.64. The number of nitrogens with one attached hydrogen (secondary N) is 1. The van der Waals surface area contributed by atoms with Crippen LogP contribution in [0, 0.1) is 5.82 Å². The number of rotatable bonds is 7. The Labute approximate surface area is 177 Å². The molecule has 0 fully saturated rings. The summed E-state index contributed by atoms with van der Waals surface area (Å²) < 4.78 is 40.0. The molecule has 0 bridgehead atoms. The molecule has 0 radical (unpaired) electrons. The Bertz CT molecular complexity index is 1100. The molecule has 0 aliphatic carbocycles. The van der Waals surface area contributed by atoms with Gasteiger partial charge in [-0.15, -0.1) is 0 Å². The van der Waals surface area contributed by atoms with Crippen LogP contribution in [0.5, 0.6) is 0 Å². The maximum atomic E-state index is 13.0. The highest BCUT2D eigenvalue weighted by molar-refractivity contribution is 7.88. The molecule has 0 amide bonds. The molecule has 1 N–H and O–H groups in total. The summed E-state index contributed by atoms with van der Waals surface area (Å²) >= 11 is 0. The predicted octanol–water partition coefficient (Wildman–Crippen LogP) is 4.05. The first-order valence-corrected chi connectivity index (χ1v) is 11.8. The standard InChI is InChI=1S/C24H25FN2O2S/c25-23-9-5-20(6-10-23)18-30(28,29)26-15-13-19-7-11-24(12-8-19)27-16-14-21-3-1-2-4-22(21)17-27/h1-12,26H,13-18H2. The van der Waals surface area contributed by atoms with E-state index in [4.69, 9.17) is 0 Å². The second-order valence-corrected chi connectivity index (χ2v) is 9.44. The lowest BCUT2D eigenvalue weighted by molar-refractivity contribution is 0.580. The van der Waals surface area contributed by atoms with Gasteiger partial charge in [-0.1, -0.05) is 48.5 Å². The molecule has 4 nitrogen and oxygen atoms in total. The molecule has 3 aromatic rings. The average molecular weight is 425 g/mol. The molecule has 0 atom stereocenters. The molecule has 1 heterocycles. The van der Waals surface area contributed by atoms with E-state index < -0.39 is 10.0 Å². The van der Waals surface area contributed by atoms with Crippen molar-refractivity contribution >= 4 is 15.7 Å². The van der Waals surface area contributed by atoms with Crippen molar-refractivity contribution in [2.75, 3.05) is 18.0 Å². The molecule has 1 aliphatic rings. The van der Waals surface area contributed by atoms with Crippen LogP contribution >= 0.6 is 0 Å². The topological polar surface area (TPSA) is 49.4 Å². The lowest BCUT2D eigenvalue weighted by Crippen LogP contribution is -2.30. The fourth-order valence-corrected chi connectivity index (χ4v) is 4.94. The van der Waals surface area contributed by atoms with Crippen molar-refractivity contribution in [1.82, 2.24) is 4.72 Å². The number of hydrogen-bond donors (Lipinski definition) is 1. The van der Waals surface area contributed by atoms with E-state index >= 15 is 0 Å². The second kappa shape index (κ2) is 8.98. The van der Waals surface area contributed by atoms with Crippen LogP contribution in [-0.2, 0) is 35.2 Å². The molecule has 4 rings (SSSR count). The van der Waals surface area contributed by atoms with Crippen LogP contribution in [0.1, 0.15) is 22.3 Å². The van der Waals surface area contributed by atoms with Gasteiger partial charge in [-0.3, -0.25) is 0 Å². The van der Waals surface area contributed by atoms with Crippen LogP contribution in [0.3, 0.4) is 0 Å². The maximum Gasteiger partial charge on any atom is 0.215 e. The molecule has 156 valence electrons. The third-order valence-electron chi connectivity index (χ3n) is 5.44. The van der Waals surface area contributed by atoms with Crippen molar-refractivity contribution in [1.29, 1.82) is 0 Å². The van der Waals surface area contributed by atoms with Crippen molar-refractivity contribution in [3.05, 3.63) is 101 Å². The van der Waals surface area contributed by atoms with Gasteiger partial charge < -0.3 is 4.90 Å². The third kappa shape index (κ3) is 5.26. The van der Waals surface area contributed by atoms with Gasteiger partial charge in [0, 0.05) is 25.3 Å².